The second-order valence-electron chi connectivity index (χ2n) is 4.48. The number of nitrogens with one attached hydrogen (secondary N) is 1. The van der Waals surface area contributed by atoms with Gasteiger partial charge in [-0.25, -0.2) is 9.97 Å². The summed E-state index contributed by atoms with van der Waals surface area (Å²) in [6.07, 6.45) is 7.15. The number of aromatic nitrogens is 2. The molecule has 0 unspecified atom stereocenters. The average molecular weight is 249 g/mol. The summed E-state index contributed by atoms with van der Waals surface area (Å²) in [6, 6.07) is 1.87. The van der Waals surface area contributed by atoms with Gasteiger partial charge in [-0.05, 0) is 19.8 Å². The van der Waals surface area contributed by atoms with Gasteiger partial charge < -0.3 is 10.1 Å². The average Bonchev–Trinajstić information content (AvgIpc) is 2.40. The van der Waals surface area contributed by atoms with E-state index in [1.807, 2.05) is 6.92 Å². The van der Waals surface area contributed by atoms with Crippen molar-refractivity contribution in [3.63, 3.8) is 0 Å². The second kappa shape index (κ2) is 6.33. The standard InChI is InChI=1S/C13H19N3O2/c1-2-18-12-8-11(14-9-15-12)13(17)16-10-6-4-3-5-7-10/h8-10H,2-7H2,1H3,(H,16,17). The third-order valence-corrected chi connectivity index (χ3v) is 3.11. The van der Waals surface area contributed by atoms with Gasteiger partial charge in [0.15, 0.2) is 0 Å². The molecular formula is C13H19N3O2. The number of hydrogen-bond donors (Lipinski definition) is 1. The molecule has 2 rings (SSSR count). The van der Waals surface area contributed by atoms with E-state index in [1.54, 1.807) is 6.07 Å². The minimum atomic E-state index is -0.134. The fourth-order valence-corrected chi connectivity index (χ4v) is 2.20. The summed E-state index contributed by atoms with van der Waals surface area (Å²) in [7, 11) is 0. The van der Waals surface area contributed by atoms with Gasteiger partial charge in [-0.15, -0.1) is 0 Å². The molecular weight excluding hydrogens is 230 g/mol. The zero-order valence-electron chi connectivity index (χ0n) is 10.7. The van der Waals surface area contributed by atoms with Crippen LogP contribution in [0.25, 0.3) is 0 Å². The van der Waals surface area contributed by atoms with Crippen molar-refractivity contribution in [2.24, 2.45) is 0 Å². The first-order valence-corrected chi connectivity index (χ1v) is 6.55. The molecule has 1 aromatic heterocycles. The maximum absolute atomic E-state index is 12.0. The Bertz CT molecular complexity index is 403. The Hall–Kier alpha value is -1.65. The highest BCUT2D eigenvalue weighted by Gasteiger charge is 2.17. The van der Waals surface area contributed by atoms with Crippen molar-refractivity contribution in [1.29, 1.82) is 0 Å². The van der Waals surface area contributed by atoms with Crippen LogP contribution in [0, 0.1) is 0 Å². The molecule has 98 valence electrons. The van der Waals surface area contributed by atoms with E-state index in [4.69, 9.17) is 4.74 Å². The molecule has 5 nitrogen and oxygen atoms in total. The van der Waals surface area contributed by atoms with Gasteiger partial charge >= 0.3 is 0 Å². The van der Waals surface area contributed by atoms with Crippen LogP contribution in [0.5, 0.6) is 5.88 Å². The third kappa shape index (κ3) is 3.42. The molecule has 1 saturated carbocycles. The van der Waals surface area contributed by atoms with Gasteiger partial charge in [0, 0.05) is 12.1 Å². The molecule has 1 aliphatic rings. The normalized spacial score (nSPS) is 16.3. The minimum absolute atomic E-state index is 0.134. The van der Waals surface area contributed by atoms with Crippen molar-refractivity contribution < 1.29 is 9.53 Å². The number of ether oxygens (including phenoxy) is 1. The number of carbonyl (C=O) groups is 1. The molecule has 1 aliphatic carbocycles. The smallest absolute Gasteiger partial charge is 0.270 e. The zero-order valence-corrected chi connectivity index (χ0v) is 10.7. The number of carbonyl (C=O) groups excluding carboxylic acids is 1. The summed E-state index contributed by atoms with van der Waals surface area (Å²) in [5.41, 5.74) is 0.374. The fraction of sp³-hybridized carbons (Fsp3) is 0.615. The molecule has 1 aromatic rings. The van der Waals surface area contributed by atoms with Crippen LogP contribution in [-0.4, -0.2) is 28.5 Å². The summed E-state index contributed by atoms with van der Waals surface area (Å²) >= 11 is 0. The molecule has 0 bridgehead atoms. The molecule has 1 fully saturated rings. The Morgan fingerprint density at radius 3 is 2.89 bits per heavy atom. The van der Waals surface area contributed by atoms with Crippen molar-refractivity contribution in [1.82, 2.24) is 15.3 Å². The highest BCUT2D eigenvalue weighted by molar-refractivity contribution is 5.92. The lowest BCUT2D eigenvalue weighted by molar-refractivity contribution is 0.0922. The van der Waals surface area contributed by atoms with Crippen molar-refractivity contribution >= 4 is 5.91 Å². The number of rotatable bonds is 4. The van der Waals surface area contributed by atoms with Crippen molar-refractivity contribution in [2.45, 2.75) is 45.1 Å². The molecule has 0 aliphatic heterocycles. The van der Waals surface area contributed by atoms with Gasteiger partial charge in [-0.2, -0.15) is 0 Å². The number of nitrogens with zero attached hydrogens (tertiary/aromatic N) is 2. The Balaban J connectivity index is 1.96. The largest absolute Gasteiger partial charge is 0.478 e. The Kier molecular flexibility index (Phi) is 4.50. The number of amides is 1. The van der Waals surface area contributed by atoms with E-state index in [2.05, 4.69) is 15.3 Å². The van der Waals surface area contributed by atoms with E-state index >= 15 is 0 Å². The minimum Gasteiger partial charge on any atom is -0.478 e. The first kappa shape index (κ1) is 12.8. The van der Waals surface area contributed by atoms with E-state index in [0.29, 0.717) is 18.2 Å². The monoisotopic (exact) mass is 249 g/mol. The van der Waals surface area contributed by atoms with Crippen LogP contribution in [0.15, 0.2) is 12.4 Å². The molecule has 0 atom stereocenters. The fourth-order valence-electron chi connectivity index (χ4n) is 2.20. The van der Waals surface area contributed by atoms with Crippen molar-refractivity contribution in [3.8, 4) is 5.88 Å². The maximum atomic E-state index is 12.0. The molecule has 0 aromatic carbocycles. The Morgan fingerprint density at radius 1 is 1.39 bits per heavy atom. The highest BCUT2D eigenvalue weighted by Crippen LogP contribution is 2.17. The van der Waals surface area contributed by atoms with Gasteiger partial charge in [0.05, 0.1) is 6.61 Å². The highest BCUT2D eigenvalue weighted by atomic mass is 16.5. The molecule has 1 amide bonds. The van der Waals surface area contributed by atoms with Crippen LogP contribution in [0.2, 0.25) is 0 Å². The summed E-state index contributed by atoms with van der Waals surface area (Å²) in [4.78, 5) is 19.9. The second-order valence-corrected chi connectivity index (χ2v) is 4.48. The van der Waals surface area contributed by atoms with Gasteiger partial charge in [0.25, 0.3) is 5.91 Å². The molecule has 18 heavy (non-hydrogen) atoms. The van der Waals surface area contributed by atoms with Crippen LogP contribution in [0.3, 0.4) is 0 Å². The quantitative estimate of drug-likeness (QED) is 0.885. The molecule has 5 heteroatoms. The summed E-state index contributed by atoms with van der Waals surface area (Å²) in [5.74, 6) is 0.312. The van der Waals surface area contributed by atoms with Gasteiger partial charge in [-0.3, -0.25) is 4.79 Å². The molecule has 0 saturated heterocycles. The van der Waals surface area contributed by atoms with Crippen molar-refractivity contribution in [2.75, 3.05) is 6.61 Å². The summed E-state index contributed by atoms with van der Waals surface area (Å²) in [5, 5.41) is 3.02. The molecule has 0 radical (unpaired) electrons. The van der Waals surface area contributed by atoms with E-state index in [9.17, 15) is 4.79 Å². The predicted octanol–water partition coefficient (Wildman–Crippen LogP) is 1.94. The number of hydrogen-bond acceptors (Lipinski definition) is 4. The predicted molar refractivity (Wildman–Crippen MR) is 67.5 cm³/mol. The Labute approximate surface area is 107 Å². The third-order valence-electron chi connectivity index (χ3n) is 3.11. The van der Waals surface area contributed by atoms with Gasteiger partial charge in [0.2, 0.25) is 5.88 Å². The SMILES string of the molecule is CCOc1cc(C(=O)NC2CCCCC2)ncn1. The maximum Gasteiger partial charge on any atom is 0.270 e. The molecule has 1 N–H and O–H groups in total. The first-order chi connectivity index (χ1) is 8.79. The lowest BCUT2D eigenvalue weighted by atomic mass is 9.95. The van der Waals surface area contributed by atoms with Crippen LogP contribution in [0.1, 0.15) is 49.5 Å². The van der Waals surface area contributed by atoms with Crippen LogP contribution in [-0.2, 0) is 0 Å². The zero-order chi connectivity index (χ0) is 12.8. The van der Waals surface area contributed by atoms with Crippen LogP contribution in [0.4, 0.5) is 0 Å². The summed E-state index contributed by atoms with van der Waals surface area (Å²) in [6.45, 7) is 2.41. The van der Waals surface area contributed by atoms with Crippen LogP contribution >= 0.6 is 0 Å². The lowest BCUT2D eigenvalue weighted by Crippen LogP contribution is -2.36. The van der Waals surface area contributed by atoms with E-state index < -0.39 is 0 Å². The lowest BCUT2D eigenvalue weighted by Gasteiger charge is -2.22. The first-order valence-electron chi connectivity index (χ1n) is 6.55. The van der Waals surface area contributed by atoms with E-state index in [1.165, 1.54) is 25.6 Å². The Morgan fingerprint density at radius 2 is 2.17 bits per heavy atom. The van der Waals surface area contributed by atoms with Crippen LogP contribution < -0.4 is 10.1 Å². The van der Waals surface area contributed by atoms with E-state index in [0.717, 1.165) is 12.8 Å². The van der Waals surface area contributed by atoms with Gasteiger partial charge in [0.1, 0.15) is 12.0 Å². The molecule has 0 spiro atoms. The van der Waals surface area contributed by atoms with Gasteiger partial charge in [-0.1, -0.05) is 19.3 Å². The topological polar surface area (TPSA) is 64.1 Å². The molecule has 1 heterocycles. The van der Waals surface area contributed by atoms with E-state index in [-0.39, 0.29) is 11.9 Å². The summed E-state index contributed by atoms with van der Waals surface area (Å²) < 4.78 is 5.26. The van der Waals surface area contributed by atoms with Crippen molar-refractivity contribution in [3.05, 3.63) is 18.1 Å².